The summed E-state index contributed by atoms with van der Waals surface area (Å²) in [5.41, 5.74) is 1.44. The molecule has 1 aliphatic rings. The molecule has 5 nitrogen and oxygen atoms in total. The van der Waals surface area contributed by atoms with E-state index in [9.17, 15) is 18.0 Å². The summed E-state index contributed by atoms with van der Waals surface area (Å²) in [4.78, 5) is 12.0. The molecule has 8 heteroatoms. The van der Waals surface area contributed by atoms with Crippen molar-refractivity contribution in [1.82, 2.24) is 15.0 Å². The summed E-state index contributed by atoms with van der Waals surface area (Å²) in [5, 5.41) is 8.97. The third-order valence-electron chi connectivity index (χ3n) is 5.56. The summed E-state index contributed by atoms with van der Waals surface area (Å²) in [6, 6.07) is 15.2. The highest BCUT2D eigenvalue weighted by Crippen LogP contribution is 2.47. The van der Waals surface area contributed by atoms with Crippen molar-refractivity contribution < 1.29 is 17.9 Å². The van der Waals surface area contributed by atoms with Crippen molar-refractivity contribution in [1.29, 1.82) is 0 Å². The summed E-state index contributed by atoms with van der Waals surface area (Å²) >= 11 is 0. The van der Waals surface area contributed by atoms with E-state index < -0.39 is 11.7 Å². The molecule has 33 heavy (non-hydrogen) atoms. The number of benzene rings is 2. The van der Waals surface area contributed by atoms with Crippen LogP contribution in [0.4, 0.5) is 13.2 Å². The summed E-state index contributed by atoms with van der Waals surface area (Å²) in [6.45, 7) is 2.01. The molecule has 0 bridgehead atoms. The Morgan fingerprint density at radius 1 is 1.06 bits per heavy atom. The number of halogens is 3. The fraction of sp³-hybridized carbons (Fsp3) is 0.160. The van der Waals surface area contributed by atoms with Crippen molar-refractivity contribution in [3.8, 4) is 5.75 Å². The molecular weight excluding hydrogens is 431 g/mol. The first-order chi connectivity index (χ1) is 15.8. The van der Waals surface area contributed by atoms with E-state index >= 15 is 0 Å². The van der Waals surface area contributed by atoms with Crippen LogP contribution in [0.3, 0.4) is 0 Å². The molecule has 5 rings (SSSR count). The van der Waals surface area contributed by atoms with Gasteiger partial charge >= 0.3 is 6.18 Å². The summed E-state index contributed by atoms with van der Waals surface area (Å²) in [5.74, 6) is -0.307. The van der Waals surface area contributed by atoms with Crippen LogP contribution in [0.5, 0.6) is 5.75 Å². The lowest BCUT2D eigenvalue weighted by molar-refractivity contribution is -0.139. The van der Waals surface area contributed by atoms with Gasteiger partial charge in [0.15, 0.2) is 5.43 Å². The number of aromatic nitrogens is 3. The minimum Gasteiger partial charge on any atom is -0.486 e. The van der Waals surface area contributed by atoms with Gasteiger partial charge in [-0.2, -0.15) is 13.2 Å². The van der Waals surface area contributed by atoms with Crippen molar-refractivity contribution in [2.75, 3.05) is 0 Å². The van der Waals surface area contributed by atoms with Crippen LogP contribution in [0, 0.1) is 0 Å². The molecule has 0 saturated heterocycles. The Kier molecular flexibility index (Phi) is 5.00. The van der Waals surface area contributed by atoms with Gasteiger partial charge in [0.05, 0.1) is 12.7 Å². The van der Waals surface area contributed by atoms with Crippen molar-refractivity contribution in [2.24, 2.45) is 0 Å². The molecule has 1 aromatic heterocycles. The van der Waals surface area contributed by atoms with E-state index in [4.69, 9.17) is 4.74 Å². The zero-order valence-electron chi connectivity index (χ0n) is 17.6. The maximum atomic E-state index is 14.1. The Bertz CT molecular complexity index is 1460. The largest absolute Gasteiger partial charge is 0.486 e. The molecule has 0 aliphatic heterocycles. The Morgan fingerprint density at radius 2 is 1.85 bits per heavy atom. The van der Waals surface area contributed by atoms with E-state index in [0.717, 1.165) is 5.56 Å². The third-order valence-corrected chi connectivity index (χ3v) is 5.56. The van der Waals surface area contributed by atoms with Crippen LogP contribution in [-0.2, 0) is 19.3 Å². The number of hydrogen-bond acceptors (Lipinski definition) is 4. The Labute approximate surface area is 186 Å². The molecular formula is C25H18F3N3O2. The van der Waals surface area contributed by atoms with Crippen molar-refractivity contribution >= 4 is 22.4 Å². The van der Waals surface area contributed by atoms with Gasteiger partial charge in [-0.15, -0.1) is 5.10 Å². The monoisotopic (exact) mass is 449 g/mol. The normalized spacial score (nSPS) is 12.8. The lowest BCUT2D eigenvalue weighted by atomic mass is 10.00. The minimum absolute atomic E-state index is 0.0193. The third kappa shape index (κ3) is 4.00. The maximum absolute atomic E-state index is 14.1. The standard InChI is InChI=1S/C25H18F3N3O2/c1-15-9-21-23-17(7-8-19(32)11-20(15)23)10-22(24(21)25(26,27)28)33-14-18-13-31(30-29-18)12-16-5-3-2-4-6-16/h2-11,13H,12,14H2,1H3. The van der Waals surface area contributed by atoms with Crippen LogP contribution < -0.4 is 10.2 Å². The SMILES string of the molecule is CC1=Cc2c(C(F)(F)F)c(OCc3cn(Cc4ccccc4)nn3)cc3ccc(=O)cc1c23. The van der Waals surface area contributed by atoms with Crippen LogP contribution in [0.15, 0.2) is 65.6 Å². The zero-order valence-corrected chi connectivity index (χ0v) is 17.6. The molecule has 0 spiro atoms. The van der Waals surface area contributed by atoms with Gasteiger partial charge in [0, 0.05) is 0 Å². The molecule has 1 aliphatic carbocycles. The number of alkyl halides is 3. The second-order valence-corrected chi connectivity index (χ2v) is 7.93. The van der Waals surface area contributed by atoms with E-state index in [1.54, 1.807) is 17.8 Å². The van der Waals surface area contributed by atoms with Gasteiger partial charge in [-0.3, -0.25) is 4.79 Å². The van der Waals surface area contributed by atoms with E-state index in [0.29, 0.717) is 34.1 Å². The number of allylic oxidation sites excluding steroid dienone is 1. The van der Waals surface area contributed by atoms with Gasteiger partial charge in [-0.25, -0.2) is 4.68 Å². The number of ether oxygens (including phenoxy) is 1. The molecule has 0 saturated carbocycles. The number of hydrogen-bond donors (Lipinski definition) is 0. The molecule has 0 fully saturated rings. The van der Waals surface area contributed by atoms with Crippen molar-refractivity contribution in [2.45, 2.75) is 26.3 Å². The Morgan fingerprint density at radius 3 is 2.61 bits per heavy atom. The van der Waals surface area contributed by atoms with Gasteiger partial charge in [0.25, 0.3) is 0 Å². The van der Waals surface area contributed by atoms with Crippen LogP contribution in [0.25, 0.3) is 22.4 Å². The second kappa shape index (κ2) is 7.88. The summed E-state index contributed by atoms with van der Waals surface area (Å²) in [6.07, 6.45) is -1.54. The van der Waals surface area contributed by atoms with E-state index in [1.165, 1.54) is 30.3 Å². The molecule has 3 aromatic carbocycles. The van der Waals surface area contributed by atoms with E-state index in [2.05, 4.69) is 10.3 Å². The molecule has 4 aromatic rings. The molecule has 0 unspecified atom stereocenters. The first-order valence-corrected chi connectivity index (χ1v) is 10.3. The number of rotatable bonds is 5. The van der Waals surface area contributed by atoms with E-state index in [1.807, 2.05) is 30.3 Å². The average Bonchev–Trinajstić information content (AvgIpc) is 3.28. The van der Waals surface area contributed by atoms with Crippen molar-refractivity contribution in [3.63, 3.8) is 0 Å². The average molecular weight is 449 g/mol. The lowest BCUT2D eigenvalue weighted by Gasteiger charge is -2.17. The van der Waals surface area contributed by atoms with Crippen LogP contribution in [0.1, 0.15) is 34.9 Å². The van der Waals surface area contributed by atoms with Crippen LogP contribution >= 0.6 is 0 Å². The zero-order chi connectivity index (χ0) is 23.2. The first kappa shape index (κ1) is 20.9. The fourth-order valence-corrected chi connectivity index (χ4v) is 4.13. The van der Waals surface area contributed by atoms with Crippen molar-refractivity contribution in [3.05, 3.63) is 99.0 Å². The number of nitrogens with zero attached hydrogens (tertiary/aromatic N) is 3. The minimum atomic E-state index is -4.64. The fourth-order valence-electron chi connectivity index (χ4n) is 4.13. The second-order valence-electron chi connectivity index (χ2n) is 7.93. The summed E-state index contributed by atoms with van der Waals surface area (Å²) < 4.78 is 49.6. The Hall–Kier alpha value is -3.94. The molecule has 0 radical (unpaired) electrons. The molecule has 1 heterocycles. The quantitative estimate of drug-likeness (QED) is 0.414. The van der Waals surface area contributed by atoms with E-state index in [-0.39, 0.29) is 23.3 Å². The maximum Gasteiger partial charge on any atom is 0.420 e. The van der Waals surface area contributed by atoms with Gasteiger partial charge in [0.1, 0.15) is 23.6 Å². The molecule has 0 atom stereocenters. The van der Waals surface area contributed by atoms with Crippen LogP contribution in [-0.4, -0.2) is 15.0 Å². The summed E-state index contributed by atoms with van der Waals surface area (Å²) in [7, 11) is 0. The van der Waals surface area contributed by atoms with Crippen LogP contribution in [0.2, 0.25) is 0 Å². The topological polar surface area (TPSA) is 57.0 Å². The highest BCUT2D eigenvalue weighted by molar-refractivity contribution is 6.10. The Balaban J connectivity index is 1.51. The van der Waals surface area contributed by atoms with Gasteiger partial charge in [-0.05, 0) is 58.2 Å². The van der Waals surface area contributed by atoms with Gasteiger partial charge < -0.3 is 4.74 Å². The lowest BCUT2D eigenvalue weighted by Crippen LogP contribution is -2.11. The molecule has 166 valence electrons. The highest BCUT2D eigenvalue weighted by Gasteiger charge is 2.39. The molecule has 0 amide bonds. The first-order valence-electron chi connectivity index (χ1n) is 10.3. The van der Waals surface area contributed by atoms with Gasteiger partial charge in [0.2, 0.25) is 0 Å². The smallest absolute Gasteiger partial charge is 0.420 e. The predicted molar refractivity (Wildman–Crippen MR) is 119 cm³/mol. The highest BCUT2D eigenvalue weighted by atomic mass is 19.4. The molecule has 0 N–H and O–H groups in total. The van der Waals surface area contributed by atoms with Gasteiger partial charge in [-0.1, -0.05) is 47.7 Å². The predicted octanol–water partition coefficient (Wildman–Crippen LogP) is 5.31.